The maximum Gasteiger partial charge on any atom is 0.240 e. The van der Waals surface area contributed by atoms with Crippen LogP contribution in [0, 0.1) is 23.2 Å². The van der Waals surface area contributed by atoms with E-state index in [-0.39, 0.29) is 24.6 Å². The number of carbonyl (C=O) groups excluding carboxylic acids is 2. The topological polar surface area (TPSA) is 82.9 Å². The third-order valence-electron chi connectivity index (χ3n) is 6.21. The third kappa shape index (κ3) is 2.00. The highest BCUT2D eigenvalue weighted by Crippen LogP contribution is 2.53. The minimum Gasteiger partial charge on any atom is -0.454 e. The van der Waals surface area contributed by atoms with E-state index < -0.39 is 17.9 Å². The lowest BCUT2D eigenvalue weighted by molar-refractivity contribution is -0.123. The molecule has 2 amide bonds. The van der Waals surface area contributed by atoms with Gasteiger partial charge in [0.1, 0.15) is 6.04 Å². The van der Waals surface area contributed by atoms with Crippen molar-refractivity contribution < 1.29 is 19.1 Å². The number of imide groups is 1. The van der Waals surface area contributed by atoms with E-state index >= 15 is 0 Å². The normalized spacial score (nSPS) is 28.2. The molecular weight excluding hydrogens is 370 g/mol. The van der Waals surface area contributed by atoms with E-state index in [1.807, 2.05) is 41.4 Å². The Morgan fingerprint density at radius 1 is 1.00 bits per heavy atom. The molecule has 0 N–H and O–H groups in total. The maximum absolute atomic E-state index is 13.5. The molecule has 2 aromatic rings. The summed E-state index contributed by atoms with van der Waals surface area (Å²) in [4.78, 5) is 29.9. The van der Waals surface area contributed by atoms with Crippen LogP contribution in [0.15, 0.2) is 48.7 Å². The van der Waals surface area contributed by atoms with Gasteiger partial charge in [0.2, 0.25) is 18.6 Å². The molecule has 0 aliphatic carbocycles. The summed E-state index contributed by atoms with van der Waals surface area (Å²) in [7, 11) is 0. The molecule has 0 spiro atoms. The number of anilines is 1. The fraction of sp³-hybridized carbons (Fsp3) is 0.227. The first-order chi connectivity index (χ1) is 14.2. The Hall–Kier alpha value is -3.79. The Bertz CT molecular complexity index is 1150. The van der Waals surface area contributed by atoms with Crippen molar-refractivity contribution in [1.82, 2.24) is 4.90 Å². The van der Waals surface area contributed by atoms with Crippen molar-refractivity contribution in [3.05, 3.63) is 59.8 Å². The lowest BCUT2D eigenvalue weighted by atomic mass is 9.85. The van der Waals surface area contributed by atoms with Crippen LogP contribution >= 0.6 is 0 Å². The quantitative estimate of drug-likeness (QED) is 0.702. The summed E-state index contributed by atoms with van der Waals surface area (Å²) < 4.78 is 10.7. The number of amides is 2. The highest BCUT2D eigenvalue weighted by Gasteiger charge is 2.63. The zero-order valence-electron chi connectivity index (χ0n) is 15.2. The van der Waals surface area contributed by atoms with Crippen LogP contribution < -0.4 is 14.4 Å². The fourth-order valence-electron chi connectivity index (χ4n) is 4.98. The van der Waals surface area contributed by atoms with Gasteiger partial charge in [-0.1, -0.05) is 24.3 Å². The van der Waals surface area contributed by atoms with Crippen LogP contribution in [0.5, 0.6) is 11.5 Å². The van der Waals surface area contributed by atoms with E-state index in [9.17, 15) is 14.9 Å². The largest absolute Gasteiger partial charge is 0.454 e. The number of rotatable bonds is 1. The minimum absolute atomic E-state index is 0.114. The van der Waals surface area contributed by atoms with Crippen LogP contribution in [0.1, 0.15) is 17.2 Å². The first-order valence-corrected chi connectivity index (χ1v) is 9.40. The van der Waals surface area contributed by atoms with E-state index in [0.29, 0.717) is 17.2 Å². The number of hydrogen-bond donors (Lipinski definition) is 0. The van der Waals surface area contributed by atoms with E-state index in [0.717, 1.165) is 11.1 Å². The van der Waals surface area contributed by atoms with Crippen molar-refractivity contribution in [2.75, 3.05) is 11.7 Å². The van der Waals surface area contributed by atoms with Crippen molar-refractivity contribution >= 4 is 23.6 Å². The molecule has 4 aliphatic heterocycles. The Morgan fingerprint density at radius 3 is 2.66 bits per heavy atom. The Kier molecular flexibility index (Phi) is 3.13. The summed E-state index contributed by atoms with van der Waals surface area (Å²) in [5.41, 5.74) is 2.42. The molecule has 0 radical (unpaired) electrons. The highest BCUT2D eigenvalue weighted by molar-refractivity contribution is 6.23. The zero-order valence-corrected chi connectivity index (χ0v) is 15.2. The predicted molar refractivity (Wildman–Crippen MR) is 101 cm³/mol. The molecule has 29 heavy (non-hydrogen) atoms. The second-order valence-electron chi connectivity index (χ2n) is 7.51. The average Bonchev–Trinajstić information content (AvgIpc) is 3.41. The lowest BCUT2D eigenvalue weighted by Gasteiger charge is -2.33. The fourth-order valence-corrected chi connectivity index (χ4v) is 4.98. The highest BCUT2D eigenvalue weighted by atomic mass is 16.7. The Morgan fingerprint density at radius 2 is 1.79 bits per heavy atom. The van der Waals surface area contributed by atoms with Gasteiger partial charge in [0, 0.05) is 12.3 Å². The average molecular weight is 385 g/mol. The number of nitriles is 1. The second-order valence-corrected chi connectivity index (χ2v) is 7.51. The lowest BCUT2D eigenvalue weighted by Crippen LogP contribution is -2.40. The molecule has 0 aromatic heterocycles. The van der Waals surface area contributed by atoms with E-state index in [1.165, 1.54) is 4.90 Å². The van der Waals surface area contributed by atoms with Crippen molar-refractivity contribution in [2.45, 2.75) is 12.1 Å². The van der Waals surface area contributed by atoms with Crippen molar-refractivity contribution in [2.24, 2.45) is 11.8 Å². The zero-order chi connectivity index (χ0) is 19.7. The molecule has 2 fully saturated rings. The smallest absolute Gasteiger partial charge is 0.240 e. The SMILES string of the molecule is N#C[C@@H]1[C@@H]2C(=O)N(c3ccc4c(c3)OCO4)C(=O)[C@@H]2C2c3ccccc3C=CN21. The molecule has 4 atom stereocenters. The van der Waals surface area contributed by atoms with Gasteiger partial charge in [-0.15, -0.1) is 0 Å². The van der Waals surface area contributed by atoms with Gasteiger partial charge in [-0.25, -0.2) is 4.90 Å². The standard InChI is InChI=1S/C22H15N3O4/c23-10-15-18-19(20-14-4-2-1-3-12(14)7-8-24(15)20)22(27)25(21(18)26)13-5-6-16-17(9-13)29-11-28-16/h1-9,15,18-20H,11H2/t15-,18+,19+,20?/m1/s1. The number of fused-ring (bicyclic) bond motifs is 6. The first-order valence-electron chi connectivity index (χ1n) is 9.40. The molecule has 6 rings (SSSR count). The second kappa shape index (κ2) is 5.61. The number of nitrogens with zero attached hydrogens (tertiary/aromatic N) is 3. The molecule has 0 saturated carbocycles. The van der Waals surface area contributed by atoms with Crippen molar-refractivity contribution in [3.63, 3.8) is 0 Å². The van der Waals surface area contributed by atoms with Gasteiger partial charge < -0.3 is 14.4 Å². The van der Waals surface area contributed by atoms with E-state index in [2.05, 4.69) is 6.07 Å². The third-order valence-corrected chi connectivity index (χ3v) is 6.21. The van der Waals surface area contributed by atoms with Gasteiger partial charge in [-0.3, -0.25) is 9.59 Å². The van der Waals surface area contributed by atoms with Crippen LogP contribution in [0.4, 0.5) is 5.69 Å². The van der Waals surface area contributed by atoms with Gasteiger partial charge in [-0.2, -0.15) is 5.26 Å². The first kappa shape index (κ1) is 16.2. The van der Waals surface area contributed by atoms with Gasteiger partial charge >= 0.3 is 0 Å². The van der Waals surface area contributed by atoms with Crippen LogP contribution in [0.3, 0.4) is 0 Å². The van der Waals surface area contributed by atoms with Gasteiger partial charge in [0.05, 0.1) is 29.6 Å². The summed E-state index contributed by atoms with van der Waals surface area (Å²) in [6.45, 7) is 0.114. The van der Waals surface area contributed by atoms with Crippen molar-refractivity contribution in [3.8, 4) is 17.6 Å². The molecular formula is C22H15N3O4. The molecule has 0 bridgehead atoms. The molecule has 1 unspecified atom stereocenters. The Balaban J connectivity index is 1.46. The summed E-state index contributed by atoms with van der Waals surface area (Å²) in [6.07, 6.45) is 3.77. The Labute approximate surface area is 166 Å². The maximum atomic E-state index is 13.5. The van der Waals surface area contributed by atoms with Gasteiger partial charge in [0.15, 0.2) is 11.5 Å². The number of hydrogen-bond acceptors (Lipinski definition) is 6. The molecule has 4 heterocycles. The monoisotopic (exact) mass is 385 g/mol. The summed E-state index contributed by atoms with van der Waals surface area (Å²) in [5, 5.41) is 9.84. The van der Waals surface area contributed by atoms with E-state index in [4.69, 9.17) is 9.47 Å². The number of ether oxygens (including phenoxy) is 2. The molecule has 142 valence electrons. The summed E-state index contributed by atoms with van der Waals surface area (Å²) in [5.74, 6) is -0.852. The molecule has 2 saturated heterocycles. The van der Waals surface area contributed by atoms with Crippen LogP contribution in [-0.2, 0) is 9.59 Å². The minimum atomic E-state index is -0.710. The molecule has 4 aliphatic rings. The molecule has 2 aromatic carbocycles. The van der Waals surface area contributed by atoms with Crippen molar-refractivity contribution in [1.29, 1.82) is 5.26 Å². The molecule has 7 heteroatoms. The van der Waals surface area contributed by atoms with Gasteiger partial charge in [-0.05, 0) is 29.3 Å². The van der Waals surface area contributed by atoms with Gasteiger partial charge in [0.25, 0.3) is 0 Å². The molecule has 7 nitrogen and oxygen atoms in total. The van der Waals surface area contributed by atoms with Crippen LogP contribution in [0.2, 0.25) is 0 Å². The summed E-state index contributed by atoms with van der Waals surface area (Å²) in [6, 6.07) is 14.1. The summed E-state index contributed by atoms with van der Waals surface area (Å²) >= 11 is 0. The van der Waals surface area contributed by atoms with Crippen LogP contribution in [0.25, 0.3) is 6.08 Å². The van der Waals surface area contributed by atoms with Crippen LogP contribution in [-0.4, -0.2) is 29.5 Å². The number of carbonyl (C=O) groups is 2. The predicted octanol–water partition coefficient (Wildman–Crippen LogP) is 2.45. The number of benzene rings is 2. The van der Waals surface area contributed by atoms with E-state index in [1.54, 1.807) is 18.2 Å².